The molecule has 0 aromatic heterocycles. The average molecular weight is 177 g/mol. The summed E-state index contributed by atoms with van der Waals surface area (Å²) < 4.78 is 0. The Morgan fingerprint density at radius 3 is 2.50 bits per heavy atom. The number of hydrogen-bond acceptors (Lipinski definition) is 2. The molecule has 0 rings (SSSR count). The van der Waals surface area contributed by atoms with Gasteiger partial charge in [0, 0.05) is 0 Å². The monoisotopic (exact) mass is 177 g/mol. The maximum atomic E-state index is 9.02. The van der Waals surface area contributed by atoms with E-state index in [4.69, 9.17) is 16.1 Å². The number of hydrogen-bond donors (Lipinski definition) is 3. The van der Waals surface area contributed by atoms with Gasteiger partial charge in [0.05, 0.1) is 12.6 Å². The summed E-state index contributed by atoms with van der Waals surface area (Å²) in [7, 11) is 0. The zero-order valence-electron chi connectivity index (χ0n) is 7.51. The lowest BCUT2D eigenvalue weighted by Gasteiger charge is -2.15. The number of hydrazine groups is 1. The maximum absolute atomic E-state index is 9.02. The van der Waals surface area contributed by atoms with Crippen molar-refractivity contribution in [2.24, 2.45) is 11.0 Å². The topological polar surface area (TPSA) is 85.1 Å². The van der Waals surface area contributed by atoms with Crippen molar-refractivity contribution < 1.29 is 15.4 Å². The fourth-order valence-corrected chi connectivity index (χ4v) is 0.859. The van der Waals surface area contributed by atoms with Crippen molar-refractivity contribution in [3.05, 3.63) is 0 Å². The third-order valence-electron chi connectivity index (χ3n) is 1.50. The molecular formula is C6H17N4O2+. The molecule has 0 aliphatic rings. The molecule has 6 nitrogen and oxygen atoms in total. The second-order valence-electron chi connectivity index (χ2n) is 2.76. The molecule has 6 heteroatoms. The molecule has 0 unspecified atom stereocenters. The Labute approximate surface area is 71.8 Å². The lowest BCUT2D eigenvalue weighted by molar-refractivity contribution is -0.944. The van der Waals surface area contributed by atoms with Crippen LogP contribution in [0.1, 0.15) is 20.3 Å². The van der Waals surface area contributed by atoms with E-state index in [1.807, 2.05) is 13.8 Å². The van der Waals surface area contributed by atoms with Gasteiger partial charge in [0.25, 0.3) is 10.2 Å². The molecule has 0 amide bonds. The third-order valence-corrected chi connectivity index (χ3v) is 1.50. The summed E-state index contributed by atoms with van der Waals surface area (Å²) in [5, 5.41) is 21.4. The first kappa shape index (κ1) is 11.0. The molecule has 0 aromatic carbocycles. The van der Waals surface area contributed by atoms with Crippen LogP contribution < -0.4 is 5.73 Å². The van der Waals surface area contributed by atoms with Crippen LogP contribution in [0.5, 0.6) is 0 Å². The molecule has 0 fully saturated rings. The van der Waals surface area contributed by atoms with Crippen molar-refractivity contribution in [1.82, 2.24) is 5.01 Å². The molecule has 0 radical (unpaired) electrons. The van der Waals surface area contributed by atoms with Gasteiger partial charge in [-0.1, -0.05) is 0 Å². The normalized spacial score (nSPS) is 12.2. The molecule has 0 saturated heterocycles. The molecule has 72 valence electrons. The van der Waals surface area contributed by atoms with Gasteiger partial charge in [0.15, 0.2) is 0 Å². The first-order valence-electron chi connectivity index (χ1n) is 3.94. The predicted octanol–water partition coefficient (Wildman–Crippen LogP) is 0.204. The summed E-state index contributed by atoms with van der Waals surface area (Å²) in [6.45, 7) is 4.87. The molecule has 12 heavy (non-hydrogen) atoms. The zero-order chi connectivity index (χ0) is 9.56. The van der Waals surface area contributed by atoms with Crippen LogP contribution >= 0.6 is 0 Å². The van der Waals surface area contributed by atoms with E-state index in [1.165, 1.54) is 5.01 Å². The predicted molar refractivity (Wildman–Crippen MR) is 41.8 cm³/mol. The van der Waals surface area contributed by atoms with Crippen LogP contribution in [0.2, 0.25) is 0 Å². The number of nitrogens with zero attached hydrogens (tertiary/aromatic N) is 3. The smallest absolute Gasteiger partial charge is 0.271 e. The summed E-state index contributed by atoms with van der Waals surface area (Å²) in [6, 6.07) is 0.0671. The Bertz CT molecular complexity index is 148. The van der Waals surface area contributed by atoms with Crippen molar-refractivity contribution in [1.29, 1.82) is 0 Å². The first-order valence-corrected chi connectivity index (χ1v) is 3.94. The fourth-order valence-electron chi connectivity index (χ4n) is 0.859. The Hall–Kier alpha value is -1.04. The minimum Gasteiger partial charge on any atom is -0.357 e. The maximum Gasteiger partial charge on any atom is 0.271 e. The van der Waals surface area contributed by atoms with E-state index in [2.05, 4.69) is 5.28 Å². The molecule has 0 aliphatic heterocycles. The molecule has 0 saturated carbocycles. The lowest BCUT2D eigenvalue weighted by atomic mass is 10.3. The standard InChI is InChI=1S/C6H16N4O2/c1-6(2)9(5-3-4-7)10(12)8-11/h6,12H,3-5,7H2,1-2H3/p+1. The average Bonchev–Trinajstić information content (AvgIpc) is 2.04. The minimum atomic E-state index is 0.0671. The van der Waals surface area contributed by atoms with Gasteiger partial charge in [-0.2, -0.15) is 0 Å². The summed E-state index contributed by atoms with van der Waals surface area (Å²) in [6.07, 6.45) is 0.741. The van der Waals surface area contributed by atoms with Gasteiger partial charge in [-0.3, -0.25) is 0 Å². The second-order valence-corrected chi connectivity index (χ2v) is 2.76. The highest BCUT2D eigenvalue weighted by Crippen LogP contribution is 1.98. The van der Waals surface area contributed by atoms with Gasteiger partial charge >= 0.3 is 0 Å². The molecule has 0 spiro atoms. The van der Waals surface area contributed by atoms with Gasteiger partial charge in [-0.15, -0.1) is 5.01 Å². The van der Waals surface area contributed by atoms with Crippen molar-refractivity contribution >= 4 is 0 Å². The molecular weight excluding hydrogens is 160 g/mol. The summed E-state index contributed by atoms with van der Waals surface area (Å²) in [5.74, 6) is 0. The molecule has 0 aromatic rings. The number of nitrogens with two attached hydrogens (primary N) is 1. The van der Waals surface area contributed by atoms with Gasteiger partial charge in [0.2, 0.25) is 0 Å². The second kappa shape index (κ2) is 5.59. The van der Waals surface area contributed by atoms with Crippen LogP contribution in [-0.4, -0.2) is 39.5 Å². The van der Waals surface area contributed by atoms with Crippen molar-refractivity contribution in [2.45, 2.75) is 26.3 Å². The van der Waals surface area contributed by atoms with Crippen LogP contribution in [0, 0.1) is 0 Å². The first-order chi connectivity index (χ1) is 5.63. The minimum absolute atomic E-state index is 0.0671. The van der Waals surface area contributed by atoms with Crippen LogP contribution in [0.3, 0.4) is 0 Å². The van der Waals surface area contributed by atoms with Crippen LogP contribution in [-0.2, 0) is 0 Å². The highest BCUT2D eigenvalue weighted by atomic mass is 16.6. The van der Waals surface area contributed by atoms with E-state index in [-0.39, 0.29) is 6.04 Å². The molecule has 0 aliphatic carbocycles. The Kier molecular flexibility index (Phi) is 5.11. The van der Waals surface area contributed by atoms with Crippen LogP contribution in [0.25, 0.3) is 0 Å². The highest BCUT2D eigenvalue weighted by Gasteiger charge is 2.21. The lowest BCUT2D eigenvalue weighted by Crippen LogP contribution is -2.39. The van der Waals surface area contributed by atoms with E-state index in [0.717, 1.165) is 6.42 Å². The quantitative estimate of drug-likeness (QED) is 0.318. The van der Waals surface area contributed by atoms with E-state index in [9.17, 15) is 0 Å². The van der Waals surface area contributed by atoms with E-state index >= 15 is 0 Å². The number of rotatable bonds is 5. The van der Waals surface area contributed by atoms with Crippen LogP contribution in [0.15, 0.2) is 5.28 Å². The fraction of sp³-hybridized carbons (Fsp3) is 1.00. The SMILES string of the molecule is CC(C)N(CCCN)/[N+](O)=N/O. The Morgan fingerprint density at radius 1 is 1.58 bits per heavy atom. The molecule has 0 heterocycles. The van der Waals surface area contributed by atoms with Crippen molar-refractivity contribution in [3.63, 3.8) is 0 Å². The van der Waals surface area contributed by atoms with Gasteiger partial charge in [-0.25, -0.2) is 5.21 Å². The molecule has 0 bridgehead atoms. The largest absolute Gasteiger partial charge is 0.357 e. The van der Waals surface area contributed by atoms with Gasteiger partial charge in [0.1, 0.15) is 0 Å². The van der Waals surface area contributed by atoms with Crippen molar-refractivity contribution in [3.8, 4) is 0 Å². The van der Waals surface area contributed by atoms with Gasteiger partial charge in [-0.05, 0) is 26.8 Å². The van der Waals surface area contributed by atoms with Crippen LogP contribution in [0.4, 0.5) is 0 Å². The van der Waals surface area contributed by atoms with E-state index in [1.54, 1.807) is 0 Å². The highest BCUT2D eigenvalue weighted by molar-refractivity contribution is 4.50. The summed E-state index contributed by atoms with van der Waals surface area (Å²) in [5.41, 5.74) is 5.30. The van der Waals surface area contributed by atoms with E-state index < -0.39 is 0 Å². The molecule has 4 N–H and O–H groups in total. The zero-order valence-corrected chi connectivity index (χ0v) is 7.51. The third kappa shape index (κ3) is 3.38. The van der Waals surface area contributed by atoms with Gasteiger partial charge < -0.3 is 10.9 Å². The molecule has 0 atom stereocenters. The summed E-state index contributed by atoms with van der Waals surface area (Å²) in [4.78, 5) is 0.431. The Morgan fingerprint density at radius 2 is 2.17 bits per heavy atom. The summed E-state index contributed by atoms with van der Waals surface area (Å²) >= 11 is 0. The van der Waals surface area contributed by atoms with E-state index in [0.29, 0.717) is 18.1 Å². The van der Waals surface area contributed by atoms with Crippen molar-refractivity contribution in [2.75, 3.05) is 13.1 Å². The Balaban J connectivity index is 4.04.